The normalized spacial score (nSPS) is 10.9. The molecule has 164 valence electrons. The van der Waals surface area contributed by atoms with E-state index < -0.39 is 4.92 Å². The average molecular weight is 459 g/mol. The Kier molecular flexibility index (Phi) is 5.41. The maximum Gasteiger partial charge on any atom is 0.269 e. The molecular weight excluding hydrogens is 442 g/mol. The summed E-state index contributed by atoms with van der Waals surface area (Å²) in [5.41, 5.74) is 2.28. The third-order valence-electron chi connectivity index (χ3n) is 4.95. The van der Waals surface area contributed by atoms with Crippen LogP contribution in [0.3, 0.4) is 0 Å². The molecule has 2 aromatic heterocycles. The Labute approximate surface area is 191 Å². The van der Waals surface area contributed by atoms with Gasteiger partial charge < -0.3 is 14.8 Å². The molecular formula is C23H17N5O4S. The van der Waals surface area contributed by atoms with Crippen LogP contribution < -0.4 is 14.8 Å². The number of nitro groups is 1. The van der Waals surface area contributed by atoms with E-state index in [0.717, 1.165) is 20.6 Å². The monoisotopic (exact) mass is 459 g/mol. The highest BCUT2D eigenvalue weighted by molar-refractivity contribution is 7.18. The SMILES string of the molecule is COc1cc2ncnc(Nc3ccc([N+](=O)[O-])cc3)c2cc1OCc1nc2ccccc2s1. The van der Waals surface area contributed by atoms with Crippen molar-refractivity contribution < 1.29 is 14.4 Å². The summed E-state index contributed by atoms with van der Waals surface area (Å²) in [6.45, 7) is 0.292. The third kappa shape index (κ3) is 4.23. The van der Waals surface area contributed by atoms with Gasteiger partial charge in [0.25, 0.3) is 5.69 Å². The highest BCUT2D eigenvalue weighted by Gasteiger charge is 2.14. The van der Waals surface area contributed by atoms with Crippen molar-refractivity contribution in [2.24, 2.45) is 0 Å². The first-order valence-corrected chi connectivity index (χ1v) is 10.7. The number of aromatic nitrogens is 3. The Hall–Kier alpha value is -4.31. The van der Waals surface area contributed by atoms with Gasteiger partial charge in [0.15, 0.2) is 11.5 Å². The average Bonchev–Trinajstić information content (AvgIpc) is 3.26. The smallest absolute Gasteiger partial charge is 0.269 e. The molecule has 0 spiro atoms. The lowest BCUT2D eigenvalue weighted by Gasteiger charge is -2.13. The van der Waals surface area contributed by atoms with Gasteiger partial charge in [-0.25, -0.2) is 15.0 Å². The molecule has 1 N–H and O–H groups in total. The van der Waals surface area contributed by atoms with Gasteiger partial charge in [-0.3, -0.25) is 10.1 Å². The highest BCUT2D eigenvalue weighted by Crippen LogP contribution is 2.35. The standard InChI is InChI=1S/C23H17N5O4S/c1-31-19-11-18-16(10-20(19)32-12-22-27-17-4-2-3-5-21(17)33-22)23(25-13-24-18)26-14-6-8-15(9-7-14)28(29)30/h2-11,13H,12H2,1H3,(H,24,25,26). The van der Waals surface area contributed by atoms with E-state index in [1.807, 2.05) is 30.3 Å². The van der Waals surface area contributed by atoms with Gasteiger partial charge in [0.1, 0.15) is 23.8 Å². The van der Waals surface area contributed by atoms with Crippen LogP contribution in [0, 0.1) is 10.1 Å². The molecule has 0 atom stereocenters. The first kappa shape index (κ1) is 20.6. The molecule has 33 heavy (non-hydrogen) atoms. The van der Waals surface area contributed by atoms with Crippen molar-refractivity contribution in [3.05, 3.63) is 82.1 Å². The molecule has 0 amide bonds. The lowest BCUT2D eigenvalue weighted by molar-refractivity contribution is -0.384. The molecule has 10 heteroatoms. The first-order chi connectivity index (χ1) is 16.1. The fourth-order valence-electron chi connectivity index (χ4n) is 3.36. The van der Waals surface area contributed by atoms with E-state index in [1.54, 1.807) is 36.6 Å². The number of ether oxygens (including phenoxy) is 2. The molecule has 2 heterocycles. The van der Waals surface area contributed by atoms with Crippen molar-refractivity contribution in [2.45, 2.75) is 6.61 Å². The van der Waals surface area contributed by atoms with Crippen LogP contribution in [0.15, 0.2) is 67.0 Å². The summed E-state index contributed by atoms with van der Waals surface area (Å²) in [6, 6.07) is 17.7. The van der Waals surface area contributed by atoms with E-state index >= 15 is 0 Å². The predicted octanol–water partition coefficient (Wildman–Crippen LogP) is 5.48. The summed E-state index contributed by atoms with van der Waals surface area (Å²) < 4.78 is 12.7. The summed E-state index contributed by atoms with van der Waals surface area (Å²) in [6.07, 6.45) is 1.44. The van der Waals surface area contributed by atoms with Gasteiger partial charge in [0.2, 0.25) is 0 Å². The largest absolute Gasteiger partial charge is 0.493 e. The number of benzene rings is 3. The molecule has 0 aliphatic carbocycles. The maximum absolute atomic E-state index is 10.9. The van der Waals surface area contributed by atoms with Gasteiger partial charge in [0.05, 0.1) is 27.8 Å². The van der Waals surface area contributed by atoms with Crippen LogP contribution in [-0.4, -0.2) is 27.0 Å². The molecule has 0 bridgehead atoms. The summed E-state index contributed by atoms with van der Waals surface area (Å²) in [5.74, 6) is 1.62. The number of nitrogens with zero attached hydrogens (tertiary/aromatic N) is 4. The zero-order valence-corrected chi connectivity index (χ0v) is 18.2. The van der Waals surface area contributed by atoms with Crippen LogP contribution in [0.1, 0.15) is 5.01 Å². The van der Waals surface area contributed by atoms with Crippen LogP contribution >= 0.6 is 11.3 Å². The van der Waals surface area contributed by atoms with E-state index in [-0.39, 0.29) is 5.69 Å². The number of nitro benzene ring substituents is 1. The quantitative estimate of drug-likeness (QED) is 0.251. The molecule has 5 aromatic rings. The number of non-ortho nitro benzene ring substituents is 1. The fraction of sp³-hybridized carbons (Fsp3) is 0.0870. The van der Waals surface area contributed by atoms with Crippen molar-refractivity contribution in [3.63, 3.8) is 0 Å². The van der Waals surface area contributed by atoms with Crippen LogP contribution in [0.4, 0.5) is 17.2 Å². The first-order valence-electron chi connectivity index (χ1n) is 9.92. The lowest BCUT2D eigenvalue weighted by Crippen LogP contribution is -2.00. The molecule has 0 radical (unpaired) electrons. The van der Waals surface area contributed by atoms with E-state index in [2.05, 4.69) is 20.3 Å². The van der Waals surface area contributed by atoms with Crippen molar-refractivity contribution >= 4 is 49.6 Å². The topological polar surface area (TPSA) is 112 Å². The van der Waals surface area contributed by atoms with Crippen molar-refractivity contribution in [3.8, 4) is 11.5 Å². The molecule has 0 saturated heterocycles. The number of thiazole rings is 1. The minimum atomic E-state index is -0.439. The van der Waals surface area contributed by atoms with Crippen LogP contribution in [0.25, 0.3) is 21.1 Å². The minimum absolute atomic E-state index is 0.0170. The van der Waals surface area contributed by atoms with Crippen LogP contribution in [0.2, 0.25) is 0 Å². The number of hydrogen-bond acceptors (Lipinski definition) is 9. The van der Waals surface area contributed by atoms with Crippen LogP contribution in [-0.2, 0) is 6.61 Å². The number of fused-ring (bicyclic) bond motifs is 2. The zero-order valence-electron chi connectivity index (χ0n) is 17.4. The van der Waals surface area contributed by atoms with Crippen molar-refractivity contribution in [2.75, 3.05) is 12.4 Å². The van der Waals surface area contributed by atoms with E-state index in [1.165, 1.54) is 18.5 Å². The number of nitrogens with one attached hydrogen (secondary N) is 1. The van der Waals surface area contributed by atoms with Crippen molar-refractivity contribution in [1.82, 2.24) is 15.0 Å². The minimum Gasteiger partial charge on any atom is -0.493 e. The second kappa shape index (κ2) is 8.67. The molecule has 0 aliphatic rings. The predicted molar refractivity (Wildman–Crippen MR) is 126 cm³/mol. The van der Waals surface area contributed by atoms with Gasteiger partial charge >= 0.3 is 0 Å². The van der Waals surface area contributed by atoms with E-state index in [4.69, 9.17) is 9.47 Å². The molecule has 9 nitrogen and oxygen atoms in total. The Balaban J connectivity index is 1.45. The van der Waals surface area contributed by atoms with Crippen LogP contribution in [0.5, 0.6) is 11.5 Å². The number of hydrogen-bond donors (Lipinski definition) is 1. The second-order valence-electron chi connectivity index (χ2n) is 7.04. The molecule has 0 saturated carbocycles. The second-order valence-corrected chi connectivity index (χ2v) is 8.15. The zero-order chi connectivity index (χ0) is 22.8. The molecule has 5 rings (SSSR count). The van der Waals surface area contributed by atoms with Gasteiger partial charge in [-0.15, -0.1) is 11.3 Å². The van der Waals surface area contributed by atoms with Gasteiger partial charge in [-0.05, 0) is 30.3 Å². The summed E-state index contributed by atoms with van der Waals surface area (Å²) in [7, 11) is 1.57. The molecule has 0 fully saturated rings. The molecule has 0 unspecified atom stereocenters. The molecule has 0 aliphatic heterocycles. The summed E-state index contributed by atoms with van der Waals surface area (Å²) >= 11 is 1.58. The Morgan fingerprint density at radius 1 is 1.03 bits per heavy atom. The summed E-state index contributed by atoms with van der Waals surface area (Å²) in [4.78, 5) is 23.7. The van der Waals surface area contributed by atoms with Crippen molar-refractivity contribution in [1.29, 1.82) is 0 Å². The lowest BCUT2D eigenvalue weighted by atomic mass is 10.2. The maximum atomic E-state index is 10.9. The number of rotatable bonds is 7. The third-order valence-corrected chi connectivity index (χ3v) is 5.96. The Bertz CT molecular complexity index is 1440. The van der Waals surface area contributed by atoms with Gasteiger partial charge in [0, 0.05) is 29.3 Å². The van der Waals surface area contributed by atoms with E-state index in [0.29, 0.717) is 35.1 Å². The Morgan fingerprint density at radius 3 is 2.61 bits per heavy atom. The number of methoxy groups -OCH3 is 1. The van der Waals surface area contributed by atoms with Gasteiger partial charge in [-0.1, -0.05) is 12.1 Å². The Morgan fingerprint density at radius 2 is 1.85 bits per heavy atom. The van der Waals surface area contributed by atoms with E-state index in [9.17, 15) is 10.1 Å². The summed E-state index contributed by atoms with van der Waals surface area (Å²) in [5, 5.41) is 15.7. The number of para-hydroxylation sites is 1. The van der Waals surface area contributed by atoms with Gasteiger partial charge in [-0.2, -0.15) is 0 Å². The molecule has 3 aromatic carbocycles. The highest BCUT2D eigenvalue weighted by atomic mass is 32.1. The number of anilines is 2. The fourth-order valence-corrected chi connectivity index (χ4v) is 4.24.